The molecule has 0 spiro atoms. The van der Waals surface area contributed by atoms with Crippen LogP contribution >= 0.6 is 11.6 Å². The van der Waals surface area contributed by atoms with E-state index in [2.05, 4.69) is 6.92 Å². The zero-order chi connectivity index (χ0) is 26.2. The van der Waals surface area contributed by atoms with Gasteiger partial charge in [-0.1, -0.05) is 88.8 Å². The predicted octanol–water partition coefficient (Wildman–Crippen LogP) is 11.0. The zero-order valence-corrected chi connectivity index (χ0v) is 23.3. The lowest BCUT2D eigenvalue weighted by Crippen LogP contribution is -2.18. The van der Waals surface area contributed by atoms with Crippen LogP contribution in [0, 0.1) is 35.2 Å². The molecule has 0 aromatic heterocycles. The molecular weight excluding hydrogens is 489 g/mol. The summed E-state index contributed by atoms with van der Waals surface area (Å²) < 4.78 is 43.5. The summed E-state index contributed by atoms with van der Waals surface area (Å²) in [5.41, 5.74) is 1.58. The van der Waals surface area contributed by atoms with Crippen molar-refractivity contribution in [1.29, 1.82) is 0 Å². The van der Waals surface area contributed by atoms with Crippen molar-refractivity contribution in [1.82, 2.24) is 0 Å². The van der Waals surface area contributed by atoms with Crippen LogP contribution in [0.2, 0.25) is 5.02 Å². The molecular formula is C33H44ClF3. The number of hydrogen-bond acceptors (Lipinski definition) is 0. The van der Waals surface area contributed by atoms with Crippen molar-refractivity contribution in [3.63, 3.8) is 0 Å². The van der Waals surface area contributed by atoms with Gasteiger partial charge in [-0.15, -0.1) is 0 Å². The average molecular weight is 533 g/mol. The minimum absolute atomic E-state index is 0.0560. The largest absolute Gasteiger partial charge is 0.207 e. The smallest absolute Gasteiger partial charge is 0.142 e. The third kappa shape index (κ3) is 8.25. The maximum absolute atomic E-state index is 14.9. The van der Waals surface area contributed by atoms with Crippen LogP contribution < -0.4 is 0 Å². The fraction of sp³-hybridized carbons (Fsp3) is 0.636. The Labute approximate surface area is 227 Å². The van der Waals surface area contributed by atoms with Crippen LogP contribution in [0.15, 0.2) is 30.3 Å². The summed E-state index contributed by atoms with van der Waals surface area (Å²) >= 11 is 5.73. The van der Waals surface area contributed by atoms with Crippen molar-refractivity contribution in [3.05, 3.63) is 69.5 Å². The maximum atomic E-state index is 14.9. The van der Waals surface area contributed by atoms with Crippen molar-refractivity contribution in [2.24, 2.45) is 17.8 Å². The molecule has 2 aromatic rings. The van der Waals surface area contributed by atoms with E-state index in [1.165, 1.54) is 89.2 Å². The number of unbranched alkanes of at least 4 members (excludes halogenated alkanes) is 2. The highest BCUT2D eigenvalue weighted by molar-refractivity contribution is 6.30. The molecule has 0 saturated heterocycles. The molecule has 204 valence electrons. The van der Waals surface area contributed by atoms with E-state index in [1.54, 1.807) is 18.2 Å². The molecule has 2 fully saturated rings. The van der Waals surface area contributed by atoms with Crippen molar-refractivity contribution >= 4 is 11.6 Å². The van der Waals surface area contributed by atoms with E-state index in [0.717, 1.165) is 36.2 Å². The summed E-state index contributed by atoms with van der Waals surface area (Å²) in [5, 5.41) is 0.0560. The molecule has 2 aliphatic rings. The SMILES string of the molecule is CCCCC[C@H]1CC[C@H](CC[C@H]2CC[C@H](c3cc(F)c(CCc4ccc(Cl)c(F)c4)c(F)c3)CC2)CC1. The maximum Gasteiger partial charge on any atom is 0.142 e. The van der Waals surface area contributed by atoms with Crippen LogP contribution in [0.5, 0.6) is 0 Å². The van der Waals surface area contributed by atoms with E-state index >= 15 is 0 Å². The van der Waals surface area contributed by atoms with Gasteiger partial charge < -0.3 is 0 Å². The van der Waals surface area contributed by atoms with Gasteiger partial charge in [-0.25, -0.2) is 13.2 Å². The standard InChI is InChI=1S/C33H44ClF3/c1-2-3-4-5-23-6-8-24(9-7-23)10-11-25-12-16-27(17-13-25)28-21-31(35)29(32(36)22-28)18-14-26-15-19-30(34)33(37)20-26/h15,19-25,27H,2-14,16-18H2,1H3/t23-,24-,25-,27-. The molecule has 0 bridgehead atoms. The van der Waals surface area contributed by atoms with Gasteiger partial charge in [0.05, 0.1) is 5.02 Å². The van der Waals surface area contributed by atoms with Crippen LogP contribution in [0.1, 0.15) is 119 Å². The highest BCUT2D eigenvalue weighted by Crippen LogP contribution is 2.41. The molecule has 0 radical (unpaired) electrons. The van der Waals surface area contributed by atoms with E-state index in [4.69, 9.17) is 11.6 Å². The fourth-order valence-corrected chi connectivity index (χ4v) is 6.93. The summed E-state index contributed by atoms with van der Waals surface area (Å²) in [5.74, 6) is 1.46. The van der Waals surface area contributed by atoms with Crippen LogP contribution in [-0.2, 0) is 12.8 Å². The molecule has 0 heterocycles. The highest BCUT2D eigenvalue weighted by atomic mass is 35.5. The van der Waals surface area contributed by atoms with Gasteiger partial charge in [-0.05, 0) is 97.6 Å². The minimum Gasteiger partial charge on any atom is -0.207 e. The average Bonchev–Trinajstić information content (AvgIpc) is 2.90. The van der Waals surface area contributed by atoms with Gasteiger partial charge in [0.25, 0.3) is 0 Å². The van der Waals surface area contributed by atoms with Crippen LogP contribution in [-0.4, -0.2) is 0 Å². The molecule has 0 nitrogen and oxygen atoms in total. The first kappa shape index (κ1) is 28.5. The Morgan fingerprint density at radius 3 is 1.81 bits per heavy atom. The predicted molar refractivity (Wildman–Crippen MR) is 149 cm³/mol. The van der Waals surface area contributed by atoms with Gasteiger partial charge in [0.1, 0.15) is 17.5 Å². The Morgan fingerprint density at radius 2 is 1.24 bits per heavy atom. The number of benzene rings is 2. The molecule has 0 N–H and O–H groups in total. The van der Waals surface area contributed by atoms with E-state index in [1.807, 2.05) is 0 Å². The van der Waals surface area contributed by atoms with Crippen molar-refractivity contribution in [3.8, 4) is 0 Å². The van der Waals surface area contributed by atoms with Crippen LogP contribution in [0.4, 0.5) is 13.2 Å². The summed E-state index contributed by atoms with van der Waals surface area (Å²) in [7, 11) is 0. The highest BCUT2D eigenvalue weighted by Gasteiger charge is 2.26. The summed E-state index contributed by atoms with van der Waals surface area (Å²) in [6, 6.07) is 7.62. The molecule has 0 atom stereocenters. The Kier molecular flexibility index (Phi) is 10.8. The summed E-state index contributed by atoms with van der Waals surface area (Å²) in [4.78, 5) is 0. The molecule has 2 aromatic carbocycles. The third-order valence-corrected chi connectivity index (χ3v) is 9.60. The quantitative estimate of drug-likeness (QED) is 0.252. The van der Waals surface area contributed by atoms with Gasteiger partial charge in [-0.3, -0.25) is 0 Å². The number of rotatable bonds is 11. The third-order valence-electron chi connectivity index (χ3n) is 9.29. The lowest BCUT2D eigenvalue weighted by molar-refractivity contribution is 0.222. The fourth-order valence-electron chi connectivity index (χ4n) is 6.81. The van der Waals surface area contributed by atoms with Gasteiger partial charge in [0.2, 0.25) is 0 Å². The normalized spacial score (nSPS) is 24.4. The topological polar surface area (TPSA) is 0 Å². The van der Waals surface area contributed by atoms with Gasteiger partial charge in [-0.2, -0.15) is 0 Å². The first-order chi connectivity index (χ1) is 17.9. The van der Waals surface area contributed by atoms with E-state index in [9.17, 15) is 13.2 Å². The summed E-state index contributed by atoms with van der Waals surface area (Å²) in [6.45, 7) is 2.28. The number of halogens is 4. The monoisotopic (exact) mass is 532 g/mol. The Balaban J connectivity index is 1.20. The second kappa shape index (κ2) is 14.1. The second-order valence-electron chi connectivity index (χ2n) is 11.9. The van der Waals surface area contributed by atoms with E-state index in [-0.39, 0.29) is 22.9 Å². The van der Waals surface area contributed by atoms with E-state index in [0.29, 0.717) is 12.0 Å². The minimum atomic E-state index is -0.503. The molecule has 2 saturated carbocycles. The molecule has 4 rings (SSSR count). The zero-order valence-electron chi connectivity index (χ0n) is 22.5. The summed E-state index contributed by atoms with van der Waals surface area (Å²) in [6.07, 6.45) is 18.9. The number of hydrogen-bond donors (Lipinski definition) is 0. The van der Waals surface area contributed by atoms with E-state index < -0.39 is 17.5 Å². The molecule has 0 aliphatic heterocycles. The molecule has 2 aliphatic carbocycles. The van der Waals surface area contributed by atoms with Crippen LogP contribution in [0.3, 0.4) is 0 Å². The van der Waals surface area contributed by atoms with Gasteiger partial charge >= 0.3 is 0 Å². The molecule has 0 unspecified atom stereocenters. The van der Waals surface area contributed by atoms with Crippen molar-refractivity contribution < 1.29 is 13.2 Å². The molecule has 37 heavy (non-hydrogen) atoms. The van der Waals surface area contributed by atoms with Crippen LogP contribution in [0.25, 0.3) is 0 Å². The van der Waals surface area contributed by atoms with Crippen molar-refractivity contribution in [2.75, 3.05) is 0 Å². The van der Waals surface area contributed by atoms with Gasteiger partial charge in [0.15, 0.2) is 0 Å². The first-order valence-electron chi connectivity index (χ1n) is 14.8. The molecule has 0 amide bonds. The molecule has 4 heteroatoms. The first-order valence-corrected chi connectivity index (χ1v) is 15.2. The second-order valence-corrected chi connectivity index (χ2v) is 12.3. The lowest BCUT2D eigenvalue weighted by atomic mass is 9.74. The lowest BCUT2D eigenvalue weighted by Gasteiger charge is -2.32. The Bertz CT molecular complexity index is 964. The van der Waals surface area contributed by atoms with Crippen molar-refractivity contribution in [2.45, 2.75) is 116 Å². The van der Waals surface area contributed by atoms with Gasteiger partial charge in [0, 0.05) is 5.56 Å². The Hall–Kier alpha value is -1.48. The number of aryl methyl sites for hydroxylation is 1. The Morgan fingerprint density at radius 1 is 0.676 bits per heavy atom.